The van der Waals surface area contributed by atoms with E-state index in [1.807, 2.05) is 13.8 Å². The van der Waals surface area contributed by atoms with Crippen molar-refractivity contribution in [3.8, 4) is 11.5 Å². The zero-order valence-electron chi connectivity index (χ0n) is 8.73. The topological polar surface area (TPSA) is 66.8 Å². The molecule has 0 aliphatic carbocycles. The lowest BCUT2D eigenvalue weighted by atomic mass is 10.2. The Morgan fingerprint density at radius 1 is 1.27 bits per heavy atom. The first-order valence-corrected chi connectivity index (χ1v) is 4.69. The third kappa shape index (κ3) is 3.50. The molecule has 1 rings (SSSR count). The van der Waals surface area contributed by atoms with Crippen molar-refractivity contribution in [2.45, 2.75) is 13.8 Å². The highest BCUT2D eigenvalue weighted by molar-refractivity contribution is 5.90. The van der Waals surface area contributed by atoms with E-state index in [4.69, 9.17) is 14.9 Å². The number of esters is 1. The highest BCUT2D eigenvalue weighted by atomic mass is 16.5. The molecule has 0 amide bonds. The lowest BCUT2D eigenvalue weighted by molar-refractivity contribution is 0.0458. The zero-order valence-corrected chi connectivity index (χ0v) is 8.73. The summed E-state index contributed by atoms with van der Waals surface area (Å²) in [7, 11) is 0. The van der Waals surface area contributed by atoms with Gasteiger partial charge in [0, 0.05) is 6.07 Å². The van der Waals surface area contributed by atoms with Crippen LogP contribution in [-0.4, -0.2) is 22.8 Å². The number of phenolic OH excluding ortho intramolecular Hbond substituents is 2. The Morgan fingerprint density at radius 2 is 1.80 bits per heavy atom. The van der Waals surface area contributed by atoms with E-state index in [9.17, 15) is 4.79 Å². The van der Waals surface area contributed by atoms with Crippen LogP contribution in [-0.2, 0) is 4.74 Å². The molecule has 0 atom stereocenters. The van der Waals surface area contributed by atoms with Gasteiger partial charge in [-0.05, 0) is 18.1 Å². The van der Waals surface area contributed by atoms with E-state index in [2.05, 4.69) is 0 Å². The predicted molar refractivity (Wildman–Crippen MR) is 54.9 cm³/mol. The van der Waals surface area contributed by atoms with Crippen LogP contribution in [0.15, 0.2) is 18.2 Å². The fourth-order valence-electron chi connectivity index (χ4n) is 1.04. The van der Waals surface area contributed by atoms with E-state index in [0.29, 0.717) is 6.61 Å². The molecule has 0 saturated heterocycles. The van der Waals surface area contributed by atoms with Crippen molar-refractivity contribution in [2.75, 3.05) is 6.61 Å². The van der Waals surface area contributed by atoms with E-state index in [0.717, 1.165) is 6.07 Å². The lowest BCUT2D eigenvalue weighted by Gasteiger charge is -2.07. The Morgan fingerprint density at radius 3 is 2.27 bits per heavy atom. The number of phenols is 2. The van der Waals surface area contributed by atoms with E-state index < -0.39 is 5.97 Å². The van der Waals surface area contributed by atoms with Crippen molar-refractivity contribution in [1.29, 1.82) is 0 Å². The second-order valence-electron chi connectivity index (χ2n) is 3.73. The van der Waals surface area contributed by atoms with Crippen molar-refractivity contribution in [2.24, 2.45) is 5.92 Å². The zero-order chi connectivity index (χ0) is 11.4. The minimum atomic E-state index is -0.546. The first kappa shape index (κ1) is 11.4. The molecule has 0 radical (unpaired) electrons. The fraction of sp³-hybridized carbons (Fsp3) is 0.364. The molecular weight excluding hydrogens is 196 g/mol. The number of carbonyl (C=O) groups is 1. The molecule has 4 heteroatoms. The van der Waals surface area contributed by atoms with E-state index >= 15 is 0 Å². The molecule has 2 N–H and O–H groups in total. The minimum Gasteiger partial charge on any atom is -0.508 e. The SMILES string of the molecule is CC(C)COC(=O)c1cc(O)cc(O)c1. The summed E-state index contributed by atoms with van der Waals surface area (Å²) in [5.41, 5.74) is 0.146. The van der Waals surface area contributed by atoms with Crippen molar-refractivity contribution in [3.05, 3.63) is 23.8 Å². The summed E-state index contributed by atoms with van der Waals surface area (Å²) in [6.07, 6.45) is 0. The molecule has 82 valence electrons. The average Bonchev–Trinajstić information content (AvgIpc) is 2.12. The number of aromatic hydroxyl groups is 2. The van der Waals surface area contributed by atoms with Gasteiger partial charge in [-0.25, -0.2) is 4.79 Å². The number of benzene rings is 1. The van der Waals surface area contributed by atoms with Crippen LogP contribution in [0.4, 0.5) is 0 Å². The third-order valence-corrected chi connectivity index (χ3v) is 1.69. The van der Waals surface area contributed by atoms with Crippen molar-refractivity contribution >= 4 is 5.97 Å². The number of carbonyl (C=O) groups excluding carboxylic acids is 1. The maximum absolute atomic E-state index is 11.4. The van der Waals surface area contributed by atoms with Gasteiger partial charge >= 0.3 is 5.97 Å². The largest absolute Gasteiger partial charge is 0.508 e. The summed E-state index contributed by atoms with van der Waals surface area (Å²) >= 11 is 0. The molecule has 0 heterocycles. The molecule has 0 fully saturated rings. The highest BCUT2D eigenvalue weighted by Crippen LogP contribution is 2.20. The van der Waals surface area contributed by atoms with Crippen LogP contribution in [0.25, 0.3) is 0 Å². The summed E-state index contributed by atoms with van der Waals surface area (Å²) < 4.78 is 4.94. The minimum absolute atomic E-state index is 0.146. The summed E-state index contributed by atoms with van der Waals surface area (Å²) in [5.74, 6) is -0.618. The molecule has 0 spiro atoms. The van der Waals surface area contributed by atoms with Gasteiger partial charge in [-0.3, -0.25) is 0 Å². The molecule has 0 aliphatic heterocycles. The summed E-state index contributed by atoms with van der Waals surface area (Å²) in [6, 6.07) is 3.66. The van der Waals surface area contributed by atoms with Crippen LogP contribution in [0.1, 0.15) is 24.2 Å². The number of hydrogen-bond donors (Lipinski definition) is 2. The Kier molecular flexibility index (Phi) is 3.55. The molecule has 0 bridgehead atoms. The van der Waals surface area contributed by atoms with Gasteiger partial charge < -0.3 is 14.9 Å². The second-order valence-corrected chi connectivity index (χ2v) is 3.73. The fourth-order valence-corrected chi connectivity index (χ4v) is 1.04. The third-order valence-electron chi connectivity index (χ3n) is 1.69. The number of hydrogen-bond acceptors (Lipinski definition) is 4. The van der Waals surface area contributed by atoms with Crippen LogP contribution >= 0.6 is 0 Å². The molecule has 0 aliphatic rings. The standard InChI is InChI=1S/C11H14O4/c1-7(2)6-15-11(14)8-3-9(12)5-10(13)4-8/h3-5,7,12-13H,6H2,1-2H3. The maximum atomic E-state index is 11.4. The first-order valence-electron chi connectivity index (χ1n) is 4.69. The summed E-state index contributed by atoms with van der Waals surface area (Å²) in [5, 5.41) is 18.3. The molecule has 4 nitrogen and oxygen atoms in total. The van der Waals surface area contributed by atoms with Gasteiger partial charge in [0.1, 0.15) is 11.5 Å². The van der Waals surface area contributed by atoms with Gasteiger partial charge in [0.15, 0.2) is 0 Å². The van der Waals surface area contributed by atoms with Gasteiger partial charge in [-0.2, -0.15) is 0 Å². The molecule has 1 aromatic rings. The van der Waals surface area contributed by atoms with Crippen LogP contribution in [0.5, 0.6) is 11.5 Å². The highest BCUT2D eigenvalue weighted by Gasteiger charge is 2.10. The molecule has 0 saturated carbocycles. The van der Waals surface area contributed by atoms with Crippen molar-refractivity contribution < 1.29 is 19.7 Å². The Bertz CT molecular complexity index is 337. The monoisotopic (exact) mass is 210 g/mol. The number of rotatable bonds is 3. The van der Waals surface area contributed by atoms with Gasteiger partial charge in [0.25, 0.3) is 0 Å². The van der Waals surface area contributed by atoms with Crippen LogP contribution in [0.2, 0.25) is 0 Å². The van der Waals surface area contributed by atoms with E-state index in [1.54, 1.807) is 0 Å². The van der Waals surface area contributed by atoms with Gasteiger partial charge in [0.05, 0.1) is 12.2 Å². The molecule has 1 aromatic carbocycles. The van der Waals surface area contributed by atoms with Crippen molar-refractivity contribution in [1.82, 2.24) is 0 Å². The normalized spacial score (nSPS) is 10.3. The molecule has 15 heavy (non-hydrogen) atoms. The lowest BCUT2D eigenvalue weighted by Crippen LogP contribution is -2.09. The van der Waals surface area contributed by atoms with Gasteiger partial charge in [-0.15, -0.1) is 0 Å². The second kappa shape index (κ2) is 4.68. The molecule has 0 aromatic heterocycles. The van der Waals surface area contributed by atoms with E-state index in [1.165, 1.54) is 12.1 Å². The Balaban J connectivity index is 2.73. The summed E-state index contributed by atoms with van der Waals surface area (Å²) in [4.78, 5) is 11.4. The smallest absolute Gasteiger partial charge is 0.338 e. The Labute approximate surface area is 88.1 Å². The summed E-state index contributed by atoms with van der Waals surface area (Å²) in [6.45, 7) is 4.16. The van der Waals surface area contributed by atoms with Crippen molar-refractivity contribution in [3.63, 3.8) is 0 Å². The first-order chi connectivity index (χ1) is 6.99. The predicted octanol–water partition coefficient (Wildman–Crippen LogP) is 1.91. The van der Waals surface area contributed by atoms with E-state index in [-0.39, 0.29) is 23.0 Å². The van der Waals surface area contributed by atoms with Crippen LogP contribution < -0.4 is 0 Å². The average molecular weight is 210 g/mol. The van der Waals surface area contributed by atoms with Crippen LogP contribution in [0, 0.1) is 5.92 Å². The number of ether oxygens (including phenoxy) is 1. The van der Waals surface area contributed by atoms with Gasteiger partial charge in [-0.1, -0.05) is 13.8 Å². The molecule has 0 unspecified atom stereocenters. The Hall–Kier alpha value is -1.71. The van der Waals surface area contributed by atoms with Gasteiger partial charge in [0.2, 0.25) is 0 Å². The van der Waals surface area contributed by atoms with Crippen LogP contribution in [0.3, 0.4) is 0 Å². The molecular formula is C11H14O4. The quantitative estimate of drug-likeness (QED) is 0.748. The maximum Gasteiger partial charge on any atom is 0.338 e.